The zero-order chi connectivity index (χ0) is 23.5. The van der Waals surface area contributed by atoms with Gasteiger partial charge < -0.3 is 23.9 Å². The lowest BCUT2D eigenvalue weighted by Gasteiger charge is -2.19. The molecule has 0 saturated heterocycles. The summed E-state index contributed by atoms with van der Waals surface area (Å²) in [5.41, 5.74) is 1.35. The van der Waals surface area contributed by atoms with Crippen LogP contribution >= 0.6 is 11.3 Å². The topological polar surface area (TPSA) is 107 Å². The summed E-state index contributed by atoms with van der Waals surface area (Å²) in [4.78, 5) is 45.0. The first-order valence-corrected chi connectivity index (χ1v) is 11.6. The van der Waals surface area contributed by atoms with Crippen LogP contribution in [0.1, 0.15) is 45.5 Å². The third kappa shape index (κ3) is 4.85. The number of furan rings is 1. The molecule has 0 aromatic carbocycles. The van der Waals surface area contributed by atoms with Crippen molar-refractivity contribution in [2.24, 2.45) is 0 Å². The van der Waals surface area contributed by atoms with E-state index in [0.717, 1.165) is 10.7 Å². The number of carbonyl (C=O) groups excluding carboxylic acids is 2. The molecule has 9 nitrogen and oxygen atoms in total. The lowest BCUT2D eigenvalue weighted by Crippen LogP contribution is -2.35. The molecule has 1 aliphatic heterocycles. The van der Waals surface area contributed by atoms with E-state index in [1.54, 1.807) is 27.9 Å². The number of amides is 2. The Balaban J connectivity index is 1.58. The summed E-state index contributed by atoms with van der Waals surface area (Å²) < 4.78 is 12.3. The van der Waals surface area contributed by atoms with E-state index in [1.165, 1.54) is 24.5 Å². The molecule has 2 amide bonds. The molecule has 4 heterocycles. The molecule has 1 N–H and O–H groups in total. The molecule has 0 spiro atoms. The van der Waals surface area contributed by atoms with Crippen LogP contribution in [0.4, 0.5) is 0 Å². The van der Waals surface area contributed by atoms with Crippen molar-refractivity contribution in [2.75, 3.05) is 20.2 Å². The predicted molar refractivity (Wildman–Crippen MR) is 123 cm³/mol. The third-order valence-corrected chi connectivity index (χ3v) is 6.53. The maximum Gasteiger partial charge on any atom is 0.257 e. The van der Waals surface area contributed by atoms with Crippen molar-refractivity contribution < 1.29 is 18.7 Å². The minimum Gasteiger partial charge on any atom is -0.496 e. The maximum atomic E-state index is 13.2. The van der Waals surface area contributed by atoms with Gasteiger partial charge in [-0.15, -0.1) is 11.3 Å². The molecule has 0 radical (unpaired) electrons. The normalized spacial score (nSPS) is 14.3. The van der Waals surface area contributed by atoms with E-state index in [9.17, 15) is 14.4 Å². The molecule has 0 unspecified atom stereocenters. The minimum absolute atomic E-state index is 0.0504. The predicted octanol–water partition coefficient (Wildman–Crippen LogP) is 2.33. The fourth-order valence-electron chi connectivity index (χ4n) is 4.04. The molecule has 1 aliphatic rings. The van der Waals surface area contributed by atoms with Gasteiger partial charge in [0.1, 0.15) is 17.1 Å². The van der Waals surface area contributed by atoms with Crippen LogP contribution in [0.3, 0.4) is 0 Å². The van der Waals surface area contributed by atoms with Crippen molar-refractivity contribution in [1.29, 1.82) is 0 Å². The Kier molecular flexibility index (Phi) is 6.64. The average molecular weight is 471 g/mol. The van der Waals surface area contributed by atoms with Crippen LogP contribution in [-0.4, -0.2) is 46.5 Å². The number of hydrogen-bond acceptors (Lipinski definition) is 7. The lowest BCUT2D eigenvalue weighted by molar-refractivity contribution is -0.130. The fourth-order valence-corrected chi connectivity index (χ4v) is 4.65. The van der Waals surface area contributed by atoms with E-state index in [4.69, 9.17) is 9.15 Å². The van der Waals surface area contributed by atoms with Gasteiger partial charge in [0.2, 0.25) is 5.91 Å². The summed E-state index contributed by atoms with van der Waals surface area (Å²) in [5, 5.41) is 5.72. The number of aromatic nitrogens is 2. The maximum absolute atomic E-state index is 13.2. The number of nitrogens with one attached hydrogen (secondary N) is 1. The largest absolute Gasteiger partial charge is 0.496 e. The SMILES string of the molecule is COc1cc(=O)n2c(c1C(=O)N[C@@H](C)c1ccco1)CCN(C(=O)Cc1csc(C)n1)CC2. The van der Waals surface area contributed by atoms with Gasteiger partial charge in [0.05, 0.1) is 36.5 Å². The monoisotopic (exact) mass is 470 g/mol. The second-order valence-corrected chi connectivity index (χ2v) is 8.96. The van der Waals surface area contributed by atoms with Gasteiger partial charge >= 0.3 is 0 Å². The molecule has 174 valence electrons. The second-order valence-electron chi connectivity index (χ2n) is 7.90. The Hall–Kier alpha value is -3.40. The highest BCUT2D eigenvalue weighted by Crippen LogP contribution is 2.24. The summed E-state index contributed by atoms with van der Waals surface area (Å²) >= 11 is 1.51. The summed E-state index contributed by atoms with van der Waals surface area (Å²) in [7, 11) is 1.43. The highest BCUT2D eigenvalue weighted by molar-refractivity contribution is 7.09. The van der Waals surface area contributed by atoms with E-state index in [1.807, 2.05) is 19.2 Å². The molecular formula is C23H26N4O5S. The molecule has 1 atom stereocenters. The lowest BCUT2D eigenvalue weighted by atomic mass is 10.1. The summed E-state index contributed by atoms with van der Waals surface area (Å²) in [6.07, 6.45) is 2.12. The van der Waals surface area contributed by atoms with Crippen molar-refractivity contribution >= 4 is 23.2 Å². The molecular weight excluding hydrogens is 444 g/mol. The number of rotatable bonds is 6. The molecule has 33 heavy (non-hydrogen) atoms. The molecule has 0 aliphatic carbocycles. The molecule has 10 heteroatoms. The van der Waals surface area contributed by atoms with Crippen molar-refractivity contribution in [2.45, 2.75) is 39.3 Å². The zero-order valence-corrected chi connectivity index (χ0v) is 19.6. The van der Waals surface area contributed by atoms with Gasteiger partial charge in [-0.3, -0.25) is 14.4 Å². The van der Waals surface area contributed by atoms with Crippen molar-refractivity contribution in [1.82, 2.24) is 19.8 Å². The van der Waals surface area contributed by atoms with Crippen LogP contribution < -0.4 is 15.6 Å². The minimum atomic E-state index is -0.366. The quantitative estimate of drug-likeness (QED) is 0.593. The van der Waals surface area contributed by atoms with E-state index in [0.29, 0.717) is 43.1 Å². The zero-order valence-electron chi connectivity index (χ0n) is 18.8. The van der Waals surface area contributed by atoms with Crippen LogP contribution in [0.25, 0.3) is 0 Å². The van der Waals surface area contributed by atoms with Gasteiger partial charge in [-0.1, -0.05) is 0 Å². The van der Waals surface area contributed by atoms with Gasteiger partial charge in [0.15, 0.2) is 0 Å². The van der Waals surface area contributed by atoms with E-state index >= 15 is 0 Å². The Morgan fingerprint density at radius 1 is 1.33 bits per heavy atom. The molecule has 0 fully saturated rings. The number of aryl methyl sites for hydroxylation is 1. The molecule has 3 aromatic heterocycles. The van der Waals surface area contributed by atoms with E-state index < -0.39 is 0 Å². The Morgan fingerprint density at radius 3 is 2.82 bits per heavy atom. The number of methoxy groups -OCH3 is 1. The number of hydrogen-bond donors (Lipinski definition) is 1. The van der Waals surface area contributed by atoms with Gasteiger partial charge in [0.25, 0.3) is 11.5 Å². The van der Waals surface area contributed by atoms with Crippen LogP contribution in [0.2, 0.25) is 0 Å². The third-order valence-electron chi connectivity index (χ3n) is 5.71. The van der Waals surface area contributed by atoms with Crippen LogP contribution in [-0.2, 0) is 24.2 Å². The highest BCUT2D eigenvalue weighted by Gasteiger charge is 2.28. The first-order valence-electron chi connectivity index (χ1n) is 10.7. The summed E-state index contributed by atoms with van der Waals surface area (Å²) in [5.74, 6) is 0.423. The van der Waals surface area contributed by atoms with Gasteiger partial charge in [0, 0.05) is 43.2 Å². The Labute approximate surface area is 195 Å². The summed E-state index contributed by atoms with van der Waals surface area (Å²) in [6.45, 7) is 4.79. The fraction of sp³-hybridized carbons (Fsp3) is 0.391. The standard InChI is InChI=1S/C23H26N4O5S/c1-14(18-5-4-10-32-18)24-23(30)22-17-6-7-26(20(28)11-16-13-33-15(2)25-16)8-9-27(17)21(29)12-19(22)31-3/h4-5,10,12-14H,6-9,11H2,1-3H3,(H,24,30)/t14-/m0/s1. The second kappa shape index (κ2) is 9.62. The first-order chi connectivity index (χ1) is 15.9. The van der Waals surface area contributed by atoms with Crippen molar-refractivity contribution in [3.05, 3.63) is 67.9 Å². The Morgan fingerprint density at radius 2 is 2.15 bits per heavy atom. The highest BCUT2D eigenvalue weighted by atomic mass is 32.1. The molecule has 0 bridgehead atoms. The van der Waals surface area contributed by atoms with Gasteiger partial charge in [-0.05, 0) is 26.0 Å². The molecule has 4 rings (SSSR count). The summed E-state index contributed by atoms with van der Waals surface area (Å²) in [6, 6.07) is 4.50. The van der Waals surface area contributed by atoms with Crippen LogP contribution in [0.5, 0.6) is 5.75 Å². The Bertz CT molecular complexity index is 1210. The van der Waals surface area contributed by atoms with Crippen LogP contribution in [0.15, 0.2) is 39.1 Å². The number of pyridine rings is 1. The van der Waals surface area contributed by atoms with Crippen molar-refractivity contribution in [3.63, 3.8) is 0 Å². The number of thiazole rings is 1. The average Bonchev–Trinajstić information content (AvgIpc) is 3.41. The number of carbonyl (C=O) groups is 2. The van der Waals surface area contributed by atoms with Gasteiger partial charge in [-0.2, -0.15) is 0 Å². The van der Waals surface area contributed by atoms with Crippen molar-refractivity contribution in [3.8, 4) is 5.75 Å². The number of fused-ring (bicyclic) bond motifs is 1. The smallest absolute Gasteiger partial charge is 0.257 e. The number of nitrogens with zero attached hydrogens (tertiary/aromatic N) is 3. The van der Waals surface area contributed by atoms with E-state index in [-0.39, 0.29) is 35.6 Å². The van der Waals surface area contributed by atoms with Crippen LogP contribution in [0, 0.1) is 6.92 Å². The molecule has 3 aromatic rings. The van der Waals surface area contributed by atoms with Gasteiger partial charge in [-0.25, -0.2) is 4.98 Å². The van der Waals surface area contributed by atoms with E-state index in [2.05, 4.69) is 10.3 Å². The molecule has 0 saturated carbocycles. The first kappa shape index (κ1) is 22.8. The number of ether oxygens (including phenoxy) is 1.